The Morgan fingerprint density at radius 3 is 2.17 bits per heavy atom. The maximum absolute atomic E-state index is 12.8. The number of carbonyl (C=O) groups is 2. The molecule has 1 N–H and O–H groups in total. The van der Waals surface area contributed by atoms with Gasteiger partial charge in [-0.15, -0.1) is 0 Å². The first kappa shape index (κ1) is 30.7. The average molecular weight is 585 g/mol. The van der Waals surface area contributed by atoms with Crippen LogP contribution in [-0.2, 0) is 23.9 Å². The number of aryl methyl sites for hydroxylation is 2. The molecule has 10 heteroatoms. The van der Waals surface area contributed by atoms with Crippen LogP contribution in [0.3, 0.4) is 0 Å². The minimum atomic E-state index is -4.50. The second kappa shape index (κ2) is 12.3. The van der Waals surface area contributed by atoms with E-state index in [1.807, 2.05) is 4.90 Å². The normalized spacial score (nSPS) is 16.8. The highest BCUT2D eigenvalue weighted by molar-refractivity contribution is 5.78. The summed E-state index contributed by atoms with van der Waals surface area (Å²) in [7, 11) is 1.80. The average Bonchev–Trinajstić information content (AvgIpc) is 3.19. The van der Waals surface area contributed by atoms with E-state index < -0.39 is 23.3 Å². The Balaban J connectivity index is 1.29. The van der Waals surface area contributed by atoms with Gasteiger partial charge in [0.25, 0.3) is 0 Å². The fraction of sp³-hybridized carbons (Fsp3) is 0.375. The first-order valence-corrected chi connectivity index (χ1v) is 13.6. The van der Waals surface area contributed by atoms with Gasteiger partial charge in [-0.1, -0.05) is 30.3 Å². The van der Waals surface area contributed by atoms with Gasteiger partial charge in [-0.3, -0.25) is 0 Å². The number of alkyl halides is 3. The summed E-state index contributed by atoms with van der Waals surface area (Å²) in [5.74, 6) is -0.626. The number of carboxylic acid groups (broad SMARTS) is 1. The number of nitrogens with zero attached hydrogens (tertiary/aromatic N) is 2. The molecule has 3 aromatic carbocycles. The van der Waals surface area contributed by atoms with Crippen LogP contribution in [0.5, 0.6) is 11.5 Å². The SMILES string of the molecule is Cc1ccc(CN2CC(CCOc3ccc(CC(C)(Oc4ccc(C(F)(F)F)cc4)C(=O)O)cc3)N(C)C2=O)cc1C. The second-order valence-electron chi connectivity index (χ2n) is 11.0. The molecule has 0 bridgehead atoms. The van der Waals surface area contributed by atoms with E-state index in [1.54, 1.807) is 36.2 Å². The van der Waals surface area contributed by atoms with E-state index in [1.165, 1.54) is 18.1 Å². The largest absolute Gasteiger partial charge is 0.494 e. The molecule has 4 rings (SSSR count). The van der Waals surface area contributed by atoms with Crippen molar-refractivity contribution in [3.05, 3.63) is 94.5 Å². The van der Waals surface area contributed by atoms with Gasteiger partial charge in [0.1, 0.15) is 11.5 Å². The lowest BCUT2D eigenvalue weighted by molar-refractivity contribution is -0.153. The Hall–Kier alpha value is -4.21. The Morgan fingerprint density at radius 2 is 1.57 bits per heavy atom. The van der Waals surface area contributed by atoms with Crippen LogP contribution < -0.4 is 9.47 Å². The summed E-state index contributed by atoms with van der Waals surface area (Å²) >= 11 is 0. The van der Waals surface area contributed by atoms with Crippen molar-refractivity contribution in [3.8, 4) is 11.5 Å². The van der Waals surface area contributed by atoms with Crippen molar-refractivity contribution < 1.29 is 37.3 Å². The minimum Gasteiger partial charge on any atom is -0.494 e. The lowest BCUT2D eigenvalue weighted by atomic mass is 9.96. The van der Waals surface area contributed by atoms with Gasteiger partial charge in [-0.2, -0.15) is 13.2 Å². The van der Waals surface area contributed by atoms with Crippen molar-refractivity contribution >= 4 is 12.0 Å². The van der Waals surface area contributed by atoms with Crippen LogP contribution in [0.15, 0.2) is 66.7 Å². The number of carboxylic acids is 1. The van der Waals surface area contributed by atoms with Crippen molar-refractivity contribution in [2.24, 2.45) is 0 Å². The third kappa shape index (κ3) is 7.35. The Labute approximate surface area is 243 Å². The molecule has 1 fully saturated rings. The molecule has 1 aliphatic rings. The van der Waals surface area contributed by atoms with E-state index >= 15 is 0 Å². The summed E-state index contributed by atoms with van der Waals surface area (Å²) in [5, 5.41) is 9.82. The Bertz CT molecular complexity index is 1410. The quantitative estimate of drug-likeness (QED) is 0.279. The lowest BCUT2D eigenvalue weighted by Gasteiger charge is -2.27. The van der Waals surface area contributed by atoms with E-state index in [2.05, 4.69) is 32.0 Å². The van der Waals surface area contributed by atoms with Crippen LogP contribution in [0.2, 0.25) is 0 Å². The predicted octanol–water partition coefficient (Wildman–Crippen LogP) is 6.49. The lowest BCUT2D eigenvalue weighted by Crippen LogP contribution is -2.43. The van der Waals surface area contributed by atoms with Crippen molar-refractivity contribution in [3.63, 3.8) is 0 Å². The van der Waals surface area contributed by atoms with Crippen LogP contribution in [0.25, 0.3) is 0 Å². The highest BCUT2D eigenvalue weighted by atomic mass is 19.4. The molecule has 2 amide bonds. The molecular formula is C32H35F3N2O5. The number of hydrogen-bond acceptors (Lipinski definition) is 4. The third-order valence-electron chi connectivity index (χ3n) is 7.66. The summed E-state index contributed by atoms with van der Waals surface area (Å²) in [6.45, 7) is 7.05. The zero-order valence-electron chi connectivity index (χ0n) is 24.1. The van der Waals surface area contributed by atoms with Crippen LogP contribution in [-0.4, -0.2) is 58.7 Å². The van der Waals surface area contributed by atoms with Crippen LogP contribution in [0, 0.1) is 13.8 Å². The smallest absolute Gasteiger partial charge is 0.416 e. The number of hydrogen-bond donors (Lipinski definition) is 1. The zero-order chi connectivity index (χ0) is 30.7. The highest BCUT2D eigenvalue weighted by Crippen LogP contribution is 2.32. The number of amides is 2. The molecule has 2 atom stereocenters. The van der Waals surface area contributed by atoms with Crippen molar-refractivity contribution in [2.45, 2.75) is 58.0 Å². The second-order valence-corrected chi connectivity index (χ2v) is 11.0. The van der Waals surface area contributed by atoms with Crippen molar-refractivity contribution in [1.82, 2.24) is 9.80 Å². The molecule has 7 nitrogen and oxygen atoms in total. The van der Waals surface area contributed by atoms with Crippen LogP contribution >= 0.6 is 0 Å². The fourth-order valence-electron chi connectivity index (χ4n) is 4.91. The number of likely N-dealkylation sites (N-methyl/N-ethyl adjacent to an activating group) is 1. The van der Waals surface area contributed by atoms with E-state index in [4.69, 9.17) is 9.47 Å². The van der Waals surface area contributed by atoms with Gasteiger partial charge >= 0.3 is 18.2 Å². The monoisotopic (exact) mass is 584 g/mol. The number of carbonyl (C=O) groups excluding carboxylic acids is 1. The predicted molar refractivity (Wildman–Crippen MR) is 152 cm³/mol. The van der Waals surface area contributed by atoms with Gasteiger partial charge in [0.2, 0.25) is 5.60 Å². The molecule has 0 radical (unpaired) electrons. The highest BCUT2D eigenvalue weighted by Gasteiger charge is 2.37. The number of urea groups is 1. The molecule has 1 saturated heterocycles. The molecule has 1 aliphatic heterocycles. The zero-order valence-corrected chi connectivity index (χ0v) is 24.1. The van der Waals surface area contributed by atoms with Gasteiger partial charge in [0, 0.05) is 33.0 Å². The summed E-state index contributed by atoms with van der Waals surface area (Å²) in [5.41, 5.74) is 1.62. The van der Waals surface area contributed by atoms with Crippen LogP contribution in [0.1, 0.15) is 41.2 Å². The third-order valence-corrected chi connectivity index (χ3v) is 7.66. The number of aliphatic carboxylic acids is 1. The van der Waals surface area contributed by atoms with Gasteiger partial charge in [-0.25, -0.2) is 9.59 Å². The number of halogens is 3. The summed E-state index contributed by atoms with van der Waals surface area (Å²) in [6, 6.07) is 17.1. The molecule has 3 aromatic rings. The molecule has 0 spiro atoms. The summed E-state index contributed by atoms with van der Waals surface area (Å²) in [4.78, 5) is 28.4. The first-order valence-electron chi connectivity index (χ1n) is 13.6. The first-order chi connectivity index (χ1) is 19.7. The van der Waals surface area contributed by atoms with E-state index in [9.17, 15) is 27.9 Å². The Kier molecular flexibility index (Phi) is 9.03. The van der Waals surface area contributed by atoms with E-state index in [-0.39, 0.29) is 24.2 Å². The summed E-state index contributed by atoms with van der Waals surface area (Å²) < 4.78 is 50.1. The maximum Gasteiger partial charge on any atom is 0.416 e. The van der Waals surface area contributed by atoms with Crippen LogP contribution in [0.4, 0.5) is 18.0 Å². The molecule has 42 heavy (non-hydrogen) atoms. The number of ether oxygens (including phenoxy) is 2. The summed E-state index contributed by atoms with van der Waals surface area (Å²) in [6.07, 6.45) is -3.87. The van der Waals surface area contributed by atoms with E-state index in [0.29, 0.717) is 37.4 Å². The van der Waals surface area contributed by atoms with Gasteiger partial charge in [0.05, 0.1) is 18.2 Å². The van der Waals surface area contributed by atoms with E-state index in [0.717, 1.165) is 29.8 Å². The molecule has 2 unspecified atom stereocenters. The molecule has 1 heterocycles. The molecule has 224 valence electrons. The molecule has 0 aliphatic carbocycles. The van der Waals surface area contributed by atoms with Gasteiger partial charge in [0.15, 0.2) is 0 Å². The standard InChI is InChI=1S/C32H35F3N2O5/c1-21-5-6-24(17-22(21)2)19-37-20-26(36(4)30(37)40)15-16-41-27-11-7-23(8-12-27)18-31(3,29(38)39)42-28-13-9-25(10-14-28)32(33,34)35/h5-14,17,26H,15-16,18-20H2,1-4H3,(H,38,39). The topological polar surface area (TPSA) is 79.3 Å². The number of benzene rings is 3. The molecular weight excluding hydrogens is 549 g/mol. The fourth-order valence-corrected chi connectivity index (χ4v) is 4.91. The molecule has 0 aromatic heterocycles. The van der Waals surface area contributed by atoms with Crippen molar-refractivity contribution in [2.75, 3.05) is 20.2 Å². The maximum atomic E-state index is 12.8. The van der Waals surface area contributed by atoms with Gasteiger partial charge < -0.3 is 24.4 Å². The number of rotatable bonds is 11. The van der Waals surface area contributed by atoms with Crippen molar-refractivity contribution in [1.29, 1.82) is 0 Å². The Morgan fingerprint density at radius 1 is 0.952 bits per heavy atom. The van der Waals surface area contributed by atoms with Gasteiger partial charge in [-0.05, 0) is 79.4 Å². The minimum absolute atomic E-state index is 0.0115. The molecule has 0 saturated carbocycles.